The van der Waals surface area contributed by atoms with Crippen LogP contribution in [0.4, 0.5) is 5.69 Å². The average molecular weight is 444 g/mol. The van der Waals surface area contributed by atoms with Gasteiger partial charge in [0.2, 0.25) is 0 Å². The van der Waals surface area contributed by atoms with Gasteiger partial charge in [-0.1, -0.05) is 44.4 Å². The Labute approximate surface area is 164 Å². The van der Waals surface area contributed by atoms with E-state index in [9.17, 15) is 0 Å². The number of aliphatic imine (C=N–C) groups is 1. The van der Waals surface area contributed by atoms with Crippen LogP contribution in [0.1, 0.15) is 57.4 Å². The largest absolute Gasteiger partial charge is 0.371 e. The minimum atomic E-state index is 0. The Hall–Kier alpha value is -0.980. The van der Waals surface area contributed by atoms with E-state index in [1.807, 2.05) is 0 Å². The van der Waals surface area contributed by atoms with Gasteiger partial charge in [-0.3, -0.25) is 0 Å². The van der Waals surface area contributed by atoms with Gasteiger partial charge in [0.1, 0.15) is 0 Å². The Morgan fingerprint density at radius 1 is 1.12 bits per heavy atom. The monoisotopic (exact) mass is 444 g/mol. The van der Waals surface area contributed by atoms with Crippen molar-refractivity contribution in [3.8, 4) is 0 Å². The molecule has 0 bridgehead atoms. The number of guanidine groups is 1. The zero-order valence-electron chi connectivity index (χ0n) is 15.0. The number of unbranched alkanes of at least 4 members (excludes halogenated alkanes) is 3. The summed E-state index contributed by atoms with van der Waals surface area (Å²) in [4.78, 5) is 7.01. The third-order valence-corrected chi connectivity index (χ3v) is 4.44. The van der Waals surface area contributed by atoms with Gasteiger partial charge in [0.15, 0.2) is 5.96 Å². The molecule has 2 rings (SSSR count). The van der Waals surface area contributed by atoms with Crippen LogP contribution in [0.15, 0.2) is 29.3 Å². The van der Waals surface area contributed by atoms with Gasteiger partial charge in [-0.15, -0.1) is 24.0 Å². The van der Waals surface area contributed by atoms with Crippen LogP contribution in [-0.4, -0.2) is 25.6 Å². The molecule has 0 aliphatic carbocycles. The lowest BCUT2D eigenvalue weighted by Gasteiger charge is -2.30. The zero-order chi connectivity index (χ0) is 16.3. The second-order valence-electron chi connectivity index (χ2n) is 6.37. The SMILES string of the molecule is CCCCCCNC(N)=NCc1ccccc1N1CCCCC1.I. The number of nitrogens with zero attached hydrogens (tertiary/aromatic N) is 2. The van der Waals surface area contributed by atoms with Gasteiger partial charge in [-0.05, 0) is 37.3 Å². The van der Waals surface area contributed by atoms with Crippen molar-refractivity contribution in [2.75, 3.05) is 24.5 Å². The van der Waals surface area contributed by atoms with Gasteiger partial charge in [0.25, 0.3) is 0 Å². The molecule has 0 radical (unpaired) electrons. The molecule has 4 nitrogen and oxygen atoms in total. The average Bonchev–Trinajstić information content (AvgIpc) is 2.61. The molecule has 0 unspecified atom stereocenters. The highest BCUT2D eigenvalue weighted by molar-refractivity contribution is 14.0. The third-order valence-electron chi connectivity index (χ3n) is 4.44. The van der Waals surface area contributed by atoms with Gasteiger partial charge >= 0.3 is 0 Å². The molecule has 0 saturated carbocycles. The molecule has 1 aromatic carbocycles. The zero-order valence-corrected chi connectivity index (χ0v) is 17.3. The molecular formula is C19H33IN4. The predicted molar refractivity (Wildman–Crippen MR) is 115 cm³/mol. The number of para-hydroxylation sites is 1. The molecule has 1 aliphatic rings. The summed E-state index contributed by atoms with van der Waals surface area (Å²) in [5.41, 5.74) is 8.58. The molecule has 136 valence electrons. The van der Waals surface area contributed by atoms with Crippen molar-refractivity contribution >= 4 is 35.6 Å². The van der Waals surface area contributed by atoms with E-state index in [0.29, 0.717) is 12.5 Å². The maximum Gasteiger partial charge on any atom is 0.188 e. The summed E-state index contributed by atoms with van der Waals surface area (Å²) in [6.07, 6.45) is 8.91. The van der Waals surface area contributed by atoms with Crippen LogP contribution in [0.5, 0.6) is 0 Å². The van der Waals surface area contributed by atoms with E-state index in [1.165, 1.54) is 49.8 Å². The van der Waals surface area contributed by atoms with E-state index < -0.39 is 0 Å². The standard InChI is InChI=1S/C19H32N4.HI/c1-2-3-4-8-13-21-19(20)22-16-17-11-6-7-12-18(17)23-14-9-5-10-15-23;/h6-7,11-12H,2-5,8-10,13-16H2,1H3,(H3,20,21,22);1H. The number of rotatable bonds is 8. The molecule has 24 heavy (non-hydrogen) atoms. The van der Waals surface area contributed by atoms with Crippen LogP contribution >= 0.6 is 24.0 Å². The molecule has 0 amide bonds. The van der Waals surface area contributed by atoms with Gasteiger partial charge in [-0.2, -0.15) is 0 Å². The lowest BCUT2D eigenvalue weighted by molar-refractivity contribution is 0.576. The van der Waals surface area contributed by atoms with Crippen molar-refractivity contribution in [1.29, 1.82) is 0 Å². The molecule has 0 spiro atoms. The Morgan fingerprint density at radius 3 is 2.62 bits per heavy atom. The molecule has 1 heterocycles. The number of anilines is 1. The van der Waals surface area contributed by atoms with E-state index in [2.05, 4.69) is 46.4 Å². The lowest BCUT2D eigenvalue weighted by atomic mass is 10.1. The highest BCUT2D eigenvalue weighted by atomic mass is 127. The van der Waals surface area contributed by atoms with Gasteiger partial charge in [0, 0.05) is 25.3 Å². The third kappa shape index (κ3) is 7.28. The van der Waals surface area contributed by atoms with Crippen molar-refractivity contribution < 1.29 is 0 Å². The maximum absolute atomic E-state index is 5.99. The minimum absolute atomic E-state index is 0. The quantitative estimate of drug-likeness (QED) is 0.272. The van der Waals surface area contributed by atoms with E-state index >= 15 is 0 Å². The van der Waals surface area contributed by atoms with Crippen LogP contribution in [0, 0.1) is 0 Å². The fourth-order valence-corrected chi connectivity index (χ4v) is 3.08. The predicted octanol–water partition coefficient (Wildman–Crippen LogP) is 4.28. The summed E-state index contributed by atoms with van der Waals surface area (Å²) >= 11 is 0. The highest BCUT2D eigenvalue weighted by Gasteiger charge is 2.13. The van der Waals surface area contributed by atoms with Crippen molar-refractivity contribution in [3.63, 3.8) is 0 Å². The molecule has 1 fully saturated rings. The topological polar surface area (TPSA) is 53.6 Å². The summed E-state index contributed by atoms with van der Waals surface area (Å²) in [5, 5.41) is 3.22. The summed E-state index contributed by atoms with van der Waals surface area (Å²) in [5.74, 6) is 0.565. The number of piperidine rings is 1. The Bertz CT molecular complexity index is 484. The van der Waals surface area contributed by atoms with Crippen LogP contribution in [0.2, 0.25) is 0 Å². The summed E-state index contributed by atoms with van der Waals surface area (Å²) in [6, 6.07) is 8.59. The molecule has 3 N–H and O–H groups in total. The molecule has 0 atom stereocenters. The van der Waals surface area contributed by atoms with Crippen LogP contribution in [0.3, 0.4) is 0 Å². The first kappa shape index (κ1) is 21.1. The van der Waals surface area contributed by atoms with E-state index in [1.54, 1.807) is 0 Å². The summed E-state index contributed by atoms with van der Waals surface area (Å²) in [7, 11) is 0. The number of halogens is 1. The number of benzene rings is 1. The summed E-state index contributed by atoms with van der Waals surface area (Å²) < 4.78 is 0. The lowest BCUT2D eigenvalue weighted by Crippen LogP contribution is -2.32. The smallest absolute Gasteiger partial charge is 0.188 e. The molecule has 1 aliphatic heterocycles. The number of hydrogen-bond acceptors (Lipinski definition) is 2. The Morgan fingerprint density at radius 2 is 1.88 bits per heavy atom. The first-order valence-corrected chi connectivity index (χ1v) is 9.18. The first-order chi connectivity index (χ1) is 11.3. The Balaban J connectivity index is 0.00000288. The van der Waals surface area contributed by atoms with Crippen molar-refractivity contribution in [3.05, 3.63) is 29.8 Å². The fraction of sp³-hybridized carbons (Fsp3) is 0.632. The highest BCUT2D eigenvalue weighted by Crippen LogP contribution is 2.24. The van der Waals surface area contributed by atoms with Gasteiger partial charge < -0.3 is 16.0 Å². The Kier molecular flexibility index (Phi) is 10.9. The number of nitrogens with one attached hydrogen (secondary N) is 1. The van der Waals surface area contributed by atoms with E-state index in [4.69, 9.17) is 5.73 Å². The molecular weight excluding hydrogens is 411 g/mol. The second kappa shape index (κ2) is 12.4. The van der Waals surface area contributed by atoms with Crippen LogP contribution < -0.4 is 16.0 Å². The number of hydrogen-bond donors (Lipinski definition) is 2. The second-order valence-corrected chi connectivity index (χ2v) is 6.37. The van der Waals surface area contributed by atoms with Crippen molar-refractivity contribution in [2.45, 2.75) is 58.4 Å². The fourth-order valence-electron chi connectivity index (χ4n) is 3.08. The van der Waals surface area contributed by atoms with Crippen LogP contribution in [-0.2, 0) is 6.54 Å². The molecule has 0 aromatic heterocycles. The number of nitrogens with two attached hydrogens (primary N) is 1. The normalized spacial score (nSPS) is 15.0. The van der Waals surface area contributed by atoms with E-state index in [-0.39, 0.29) is 24.0 Å². The van der Waals surface area contributed by atoms with E-state index in [0.717, 1.165) is 26.1 Å². The van der Waals surface area contributed by atoms with Crippen molar-refractivity contribution in [1.82, 2.24) is 5.32 Å². The molecule has 1 aromatic rings. The van der Waals surface area contributed by atoms with Crippen LogP contribution in [0.25, 0.3) is 0 Å². The molecule has 5 heteroatoms. The van der Waals surface area contributed by atoms with Gasteiger partial charge in [-0.25, -0.2) is 4.99 Å². The maximum atomic E-state index is 5.99. The van der Waals surface area contributed by atoms with Gasteiger partial charge in [0.05, 0.1) is 6.54 Å². The minimum Gasteiger partial charge on any atom is -0.371 e. The first-order valence-electron chi connectivity index (χ1n) is 9.18. The van der Waals surface area contributed by atoms with Crippen molar-refractivity contribution in [2.24, 2.45) is 10.7 Å². The molecule has 1 saturated heterocycles. The summed E-state index contributed by atoms with van der Waals surface area (Å²) in [6.45, 7) is 6.12.